The number of non-ortho nitro benzene ring substituents is 1. The highest BCUT2D eigenvalue weighted by atomic mass is 32.2. The lowest BCUT2D eigenvalue weighted by Gasteiger charge is -2.14. The van der Waals surface area contributed by atoms with Gasteiger partial charge in [-0.1, -0.05) is 11.8 Å². The molecule has 0 saturated carbocycles. The maximum Gasteiger partial charge on any atom is 0.269 e. The van der Waals surface area contributed by atoms with Crippen molar-refractivity contribution in [3.05, 3.63) is 106 Å². The lowest BCUT2D eigenvalue weighted by atomic mass is 10.2. The first-order chi connectivity index (χ1) is 16.3. The summed E-state index contributed by atoms with van der Waals surface area (Å²) in [6, 6.07) is 25.2. The van der Waals surface area contributed by atoms with E-state index in [-0.39, 0.29) is 10.6 Å². The number of aliphatic imine (C=N–C) groups is 1. The second-order valence-electron chi connectivity index (χ2n) is 8.18. The van der Waals surface area contributed by atoms with Crippen molar-refractivity contribution in [1.82, 2.24) is 4.57 Å². The summed E-state index contributed by atoms with van der Waals surface area (Å²) in [4.78, 5) is 19.2. The van der Waals surface area contributed by atoms with Crippen LogP contribution in [0.1, 0.15) is 17.0 Å². The van der Waals surface area contributed by atoms with Crippen LogP contribution in [0.25, 0.3) is 5.69 Å². The minimum atomic E-state index is -0.389. The highest BCUT2D eigenvalue weighted by Gasteiger charge is 2.10. The number of aryl methyl sites for hydroxylation is 1. The zero-order chi connectivity index (χ0) is 24.2. The number of aromatic nitrogens is 1. The molecular formula is C27H26N4O2S. The van der Waals surface area contributed by atoms with E-state index < -0.39 is 0 Å². The number of rotatable bonds is 7. The van der Waals surface area contributed by atoms with Gasteiger partial charge >= 0.3 is 0 Å². The van der Waals surface area contributed by atoms with Crippen LogP contribution in [0.15, 0.2) is 93.6 Å². The molecule has 1 heterocycles. The van der Waals surface area contributed by atoms with Crippen LogP contribution in [0.2, 0.25) is 0 Å². The summed E-state index contributed by atoms with van der Waals surface area (Å²) in [5.74, 6) is 0. The fourth-order valence-corrected chi connectivity index (χ4v) is 4.55. The molecule has 0 N–H and O–H groups in total. The minimum absolute atomic E-state index is 0.0963. The molecule has 3 aromatic carbocycles. The van der Waals surface area contributed by atoms with E-state index in [1.807, 2.05) is 44.6 Å². The summed E-state index contributed by atoms with van der Waals surface area (Å²) >= 11 is 1.56. The van der Waals surface area contributed by atoms with Gasteiger partial charge in [-0.3, -0.25) is 15.1 Å². The van der Waals surface area contributed by atoms with Gasteiger partial charge in [-0.05, 0) is 80.6 Å². The predicted molar refractivity (Wildman–Crippen MR) is 140 cm³/mol. The summed E-state index contributed by atoms with van der Waals surface area (Å²) in [6.45, 7) is 4.21. The minimum Gasteiger partial charge on any atom is -0.378 e. The third-order valence-corrected chi connectivity index (χ3v) is 6.58. The molecule has 0 aliphatic heterocycles. The zero-order valence-electron chi connectivity index (χ0n) is 19.6. The molecule has 4 rings (SSSR count). The van der Waals surface area contributed by atoms with Crippen LogP contribution >= 0.6 is 11.8 Å². The summed E-state index contributed by atoms with van der Waals surface area (Å²) < 4.78 is 2.24. The molecule has 0 aliphatic carbocycles. The molecule has 0 saturated heterocycles. The van der Waals surface area contributed by atoms with Gasteiger partial charge in [-0.25, -0.2) is 0 Å². The van der Waals surface area contributed by atoms with Crippen LogP contribution in [0.3, 0.4) is 0 Å². The second-order valence-corrected chi connectivity index (χ2v) is 9.32. The average molecular weight is 471 g/mol. The number of nitro benzene ring substituents is 1. The Morgan fingerprint density at radius 3 is 2.06 bits per heavy atom. The SMILES string of the molecule is Cc1cc(C=Nc2ccc(Sc3ccc([N+](=O)[O-])cc3)cc2)c(C)n1-c1ccc(N(C)C)cc1. The molecule has 34 heavy (non-hydrogen) atoms. The number of nitro groups is 1. The molecule has 7 heteroatoms. The van der Waals surface area contributed by atoms with E-state index in [2.05, 4.69) is 58.6 Å². The monoisotopic (exact) mass is 470 g/mol. The number of benzene rings is 3. The van der Waals surface area contributed by atoms with Gasteiger partial charge in [0.25, 0.3) is 5.69 Å². The lowest BCUT2D eigenvalue weighted by Crippen LogP contribution is -2.08. The van der Waals surface area contributed by atoms with Gasteiger partial charge in [0, 0.05) is 70.6 Å². The Morgan fingerprint density at radius 1 is 0.912 bits per heavy atom. The summed E-state index contributed by atoms with van der Waals surface area (Å²) in [5, 5.41) is 10.8. The Bertz CT molecular complexity index is 1320. The third-order valence-electron chi connectivity index (χ3n) is 5.57. The fraction of sp³-hybridized carbons (Fsp3) is 0.148. The van der Waals surface area contributed by atoms with E-state index in [1.54, 1.807) is 23.9 Å². The summed E-state index contributed by atoms with van der Waals surface area (Å²) in [6.07, 6.45) is 1.91. The van der Waals surface area contributed by atoms with Crippen LogP contribution in [-0.2, 0) is 0 Å². The Labute approximate surface area is 203 Å². The van der Waals surface area contributed by atoms with Gasteiger partial charge in [-0.2, -0.15) is 0 Å². The summed E-state index contributed by atoms with van der Waals surface area (Å²) in [7, 11) is 4.08. The Morgan fingerprint density at radius 2 is 1.50 bits per heavy atom. The molecule has 1 aromatic heterocycles. The van der Waals surface area contributed by atoms with Crippen LogP contribution in [0, 0.1) is 24.0 Å². The van der Waals surface area contributed by atoms with Gasteiger partial charge in [-0.15, -0.1) is 0 Å². The molecule has 6 nitrogen and oxygen atoms in total. The van der Waals surface area contributed by atoms with Gasteiger partial charge in [0.15, 0.2) is 0 Å². The molecule has 4 aromatic rings. The van der Waals surface area contributed by atoms with Gasteiger partial charge in [0.05, 0.1) is 10.6 Å². The maximum absolute atomic E-state index is 10.8. The van der Waals surface area contributed by atoms with E-state index in [0.717, 1.165) is 38.1 Å². The normalized spacial score (nSPS) is 11.2. The van der Waals surface area contributed by atoms with Gasteiger partial charge < -0.3 is 9.47 Å². The Hall–Kier alpha value is -3.84. The van der Waals surface area contributed by atoms with Crippen molar-refractivity contribution in [3.63, 3.8) is 0 Å². The molecule has 0 aliphatic rings. The Balaban J connectivity index is 1.47. The van der Waals surface area contributed by atoms with Gasteiger partial charge in [0.1, 0.15) is 0 Å². The van der Waals surface area contributed by atoms with Crippen molar-refractivity contribution in [3.8, 4) is 5.69 Å². The quantitative estimate of drug-likeness (QED) is 0.166. The number of hydrogen-bond acceptors (Lipinski definition) is 5. The van der Waals surface area contributed by atoms with Crippen LogP contribution in [0.5, 0.6) is 0 Å². The molecule has 0 bridgehead atoms. The smallest absolute Gasteiger partial charge is 0.269 e. The van der Waals surface area contributed by atoms with E-state index in [9.17, 15) is 10.1 Å². The van der Waals surface area contributed by atoms with Crippen molar-refractivity contribution in [1.29, 1.82) is 0 Å². The van der Waals surface area contributed by atoms with Crippen molar-refractivity contribution >= 4 is 35.0 Å². The first-order valence-corrected chi connectivity index (χ1v) is 11.7. The van der Waals surface area contributed by atoms with E-state index in [4.69, 9.17) is 0 Å². The average Bonchev–Trinajstić information content (AvgIpc) is 3.12. The number of nitrogens with zero attached hydrogens (tertiary/aromatic N) is 4. The molecule has 172 valence electrons. The molecule has 0 spiro atoms. The lowest BCUT2D eigenvalue weighted by molar-refractivity contribution is -0.384. The topological polar surface area (TPSA) is 63.7 Å². The highest BCUT2D eigenvalue weighted by molar-refractivity contribution is 7.99. The molecule has 0 atom stereocenters. The molecule has 0 fully saturated rings. The van der Waals surface area contributed by atoms with Crippen LogP contribution < -0.4 is 4.90 Å². The second kappa shape index (κ2) is 9.97. The first kappa shape index (κ1) is 23.3. The first-order valence-electron chi connectivity index (χ1n) is 10.8. The third kappa shape index (κ3) is 5.21. The summed E-state index contributed by atoms with van der Waals surface area (Å²) in [5.41, 5.74) is 6.65. The van der Waals surface area contributed by atoms with Crippen LogP contribution in [-0.4, -0.2) is 29.8 Å². The zero-order valence-corrected chi connectivity index (χ0v) is 20.4. The van der Waals surface area contributed by atoms with E-state index in [0.29, 0.717) is 0 Å². The molecule has 0 radical (unpaired) electrons. The van der Waals surface area contributed by atoms with Crippen LogP contribution in [0.4, 0.5) is 17.1 Å². The van der Waals surface area contributed by atoms with Gasteiger partial charge in [0.2, 0.25) is 0 Å². The van der Waals surface area contributed by atoms with E-state index in [1.165, 1.54) is 17.8 Å². The van der Waals surface area contributed by atoms with Crippen molar-refractivity contribution in [2.24, 2.45) is 4.99 Å². The largest absolute Gasteiger partial charge is 0.378 e. The standard InChI is InChI=1S/C27H26N4O2S/c1-19-17-21(20(2)30(19)24-9-7-23(8-10-24)29(3)4)18-28-22-5-13-26(14-6-22)34-27-15-11-25(12-16-27)31(32)33/h5-18H,1-4H3. The fourth-order valence-electron chi connectivity index (χ4n) is 3.73. The molecule has 0 amide bonds. The predicted octanol–water partition coefficient (Wildman–Crippen LogP) is 6.97. The van der Waals surface area contributed by atoms with Crippen molar-refractivity contribution in [2.45, 2.75) is 23.6 Å². The number of anilines is 1. The highest BCUT2D eigenvalue weighted by Crippen LogP contribution is 2.30. The van der Waals surface area contributed by atoms with Crippen molar-refractivity contribution in [2.75, 3.05) is 19.0 Å². The maximum atomic E-state index is 10.8. The Kier molecular flexibility index (Phi) is 6.84. The molecular weight excluding hydrogens is 444 g/mol. The number of hydrogen-bond donors (Lipinski definition) is 0. The van der Waals surface area contributed by atoms with E-state index >= 15 is 0 Å². The van der Waals surface area contributed by atoms with Crippen molar-refractivity contribution < 1.29 is 4.92 Å². The molecule has 0 unspecified atom stereocenters.